The van der Waals surface area contributed by atoms with E-state index in [0.29, 0.717) is 5.69 Å². The molecule has 8 heteroatoms. The highest BCUT2D eigenvalue weighted by molar-refractivity contribution is 7.92. The number of benzene rings is 2. The fourth-order valence-electron chi connectivity index (χ4n) is 3.92. The first-order valence-corrected chi connectivity index (χ1v) is 11.8. The van der Waals surface area contributed by atoms with Gasteiger partial charge in [0.25, 0.3) is 15.9 Å². The second kappa shape index (κ2) is 9.51. The lowest BCUT2D eigenvalue weighted by atomic mass is 9.97. The van der Waals surface area contributed by atoms with Gasteiger partial charge in [-0.3, -0.25) is 9.10 Å². The van der Waals surface area contributed by atoms with E-state index in [1.54, 1.807) is 35.2 Å². The monoisotopic (exact) mass is 444 g/mol. The Morgan fingerprint density at radius 3 is 2.32 bits per heavy atom. The molecule has 0 unspecified atom stereocenters. The Morgan fingerprint density at radius 2 is 1.68 bits per heavy atom. The quantitative estimate of drug-likeness (QED) is 0.637. The van der Waals surface area contributed by atoms with Gasteiger partial charge in [0, 0.05) is 19.1 Å². The molecular weight excluding hydrogens is 416 g/mol. The van der Waals surface area contributed by atoms with Crippen LogP contribution in [0.4, 0.5) is 5.69 Å². The molecule has 1 fully saturated rings. The number of carbonyl (C=O) groups excluding carboxylic acids is 2. The van der Waals surface area contributed by atoms with Crippen LogP contribution in [0.5, 0.6) is 0 Å². The van der Waals surface area contributed by atoms with Crippen molar-refractivity contribution in [1.29, 1.82) is 0 Å². The Bertz CT molecular complexity index is 1030. The Labute approximate surface area is 183 Å². The molecule has 1 heterocycles. The molecule has 0 radical (unpaired) electrons. The molecule has 7 nitrogen and oxygen atoms in total. The molecule has 1 amide bonds. The topological polar surface area (TPSA) is 84.0 Å². The third-order valence-corrected chi connectivity index (χ3v) is 7.44. The van der Waals surface area contributed by atoms with Gasteiger partial charge < -0.3 is 9.64 Å². The van der Waals surface area contributed by atoms with Crippen LogP contribution >= 0.6 is 0 Å². The summed E-state index contributed by atoms with van der Waals surface area (Å²) in [5.41, 5.74) is 0.584. The lowest BCUT2D eigenvalue weighted by molar-refractivity contribution is -0.140. The Hall–Kier alpha value is -2.87. The number of carbonyl (C=O) groups is 2. The van der Waals surface area contributed by atoms with Crippen molar-refractivity contribution >= 4 is 27.6 Å². The van der Waals surface area contributed by atoms with E-state index in [2.05, 4.69) is 0 Å². The summed E-state index contributed by atoms with van der Waals surface area (Å²) in [5.74, 6) is -0.967. The Morgan fingerprint density at radius 1 is 1.03 bits per heavy atom. The second-order valence-corrected chi connectivity index (χ2v) is 9.81. The normalized spacial score (nSPS) is 19.0. The van der Waals surface area contributed by atoms with Crippen LogP contribution in [-0.2, 0) is 19.6 Å². The molecule has 2 aromatic rings. The molecule has 1 aliphatic heterocycles. The fourth-order valence-corrected chi connectivity index (χ4v) is 5.16. The van der Waals surface area contributed by atoms with Gasteiger partial charge in [-0.05, 0) is 63.4 Å². The molecule has 2 atom stereocenters. The van der Waals surface area contributed by atoms with Crippen LogP contribution in [0.2, 0.25) is 0 Å². The van der Waals surface area contributed by atoms with Crippen LogP contribution in [0, 0.1) is 0 Å². The van der Waals surface area contributed by atoms with Crippen LogP contribution in [0.3, 0.4) is 0 Å². The number of nitrogens with zero attached hydrogens (tertiary/aromatic N) is 2. The maximum Gasteiger partial charge on any atom is 0.338 e. The summed E-state index contributed by atoms with van der Waals surface area (Å²) in [5, 5.41) is 0. The summed E-state index contributed by atoms with van der Waals surface area (Å²) in [4.78, 5) is 26.8. The first-order chi connectivity index (χ1) is 14.7. The summed E-state index contributed by atoms with van der Waals surface area (Å²) >= 11 is 0. The van der Waals surface area contributed by atoms with Gasteiger partial charge in [0.15, 0.2) is 6.61 Å². The molecule has 0 saturated carbocycles. The lowest BCUT2D eigenvalue weighted by Gasteiger charge is -2.38. The average molecular weight is 445 g/mol. The van der Waals surface area contributed by atoms with Gasteiger partial charge in [0.1, 0.15) is 0 Å². The summed E-state index contributed by atoms with van der Waals surface area (Å²) in [7, 11) is -2.41. The molecule has 166 valence electrons. The smallest absolute Gasteiger partial charge is 0.338 e. The number of rotatable bonds is 6. The first-order valence-electron chi connectivity index (χ1n) is 10.3. The van der Waals surface area contributed by atoms with Gasteiger partial charge in [0.05, 0.1) is 16.1 Å². The van der Waals surface area contributed by atoms with Gasteiger partial charge in [-0.25, -0.2) is 13.2 Å². The van der Waals surface area contributed by atoms with Gasteiger partial charge >= 0.3 is 5.97 Å². The van der Waals surface area contributed by atoms with Crippen molar-refractivity contribution in [1.82, 2.24) is 4.90 Å². The minimum Gasteiger partial charge on any atom is -0.452 e. The van der Waals surface area contributed by atoms with E-state index in [-0.39, 0.29) is 35.1 Å². The number of esters is 1. The largest absolute Gasteiger partial charge is 0.452 e. The van der Waals surface area contributed by atoms with Crippen LogP contribution in [0.1, 0.15) is 43.5 Å². The number of piperidine rings is 1. The Balaban J connectivity index is 1.71. The summed E-state index contributed by atoms with van der Waals surface area (Å²) in [6, 6.07) is 14.5. The highest BCUT2D eigenvalue weighted by Gasteiger charge is 2.29. The molecule has 1 aliphatic rings. The predicted octanol–water partition coefficient (Wildman–Crippen LogP) is 3.46. The number of para-hydroxylation sites is 1. The van der Waals surface area contributed by atoms with Gasteiger partial charge in [-0.15, -0.1) is 0 Å². The van der Waals surface area contributed by atoms with E-state index in [0.717, 1.165) is 23.6 Å². The summed E-state index contributed by atoms with van der Waals surface area (Å²) in [6.45, 7) is 3.62. The third kappa shape index (κ3) is 5.07. The minimum absolute atomic E-state index is 0.0297. The maximum absolute atomic E-state index is 13.0. The fraction of sp³-hybridized carbons (Fsp3) is 0.391. The molecule has 3 rings (SSSR count). The SMILES string of the molecule is C[C@@H]1CCC[C@H](C)N1C(=O)COC(=O)c1cccc(S(=O)(=O)N(C)c2ccccc2)c1. The van der Waals surface area contributed by atoms with E-state index in [1.807, 2.05) is 13.8 Å². The van der Waals surface area contributed by atoms with Crippen molar-refractivity contribution in [3.63, 3.8) is 0 Å². The van der Waals surface area contributed by atoms with Gasteiger partial charge in [-0.2, -0.15) is 0 Å². The van der Waals surface area contributed by atoms with Crippen LogP contribution < -0.4 is 4.31 Å². The van der Waals surface area contributed by atoms with Crippen LogP contribution in [0.15, 0.2) is 59.5 Å². The van der Waals surface area contributed by atoms with E-state index < -0.39 is 16.0 Å². The average Bonchev–Trinajstić information content (AvgIpc) is 2.77. The Kier molecular flexibility index (Phi) is 7.00. The standard InChI is InChI=1S/C23H28N2O5S/c1-17-9-7-10-18(2)25(17)22(26)16-30-23(27)19-11-8-14-21(15-19)31(28,29)24(3)20-12-5-4-6-13-20/h4-6,8,11-15,17-18H,7,9-10,16H2,1-3H3/t17-,18+. The zero-order valence-electron chi connectivity index (χ0n) is 18.0. The van der Waals surface area contributed by atoms with Crippen LogP contribution in [0.25, 0.3) is 0 Å². The molecule has 0 aromatic heterocycles. The second-order valence-electron chi connectivity index (χ2n) is 7.84. The number of anilines is 1. The maximum atomic E-state index is 13.0. The van der Waals surface area contributed by atoms with Crippen molar-refractivity contribution in [3.8, 4) is 0 Å². The van der Waals surface area contributed by atoms with Gasteiger partial charge in [0.2, 0.25) is 0 Å². The molecular formula is C23H28N2O5S. The van der Waals surface area contributed by atoms with Crippen molar-refractivity contribution in [2.75, 3.05) is 18.0 Å². The van der Waals surface area contributed by atoms with Crippen molar-refractivity contribution in [3.05, 3.63) is 60.2 Å². The van der Waals surface area contributed by atoms with E-state index in [1.165, 1.54) is 31.3 Å². The number of amides is 1. The van der Waals surface area contributed by atoms with Gasteiger partial charge in [-0.1, -0.05) is 24.3 Å². The zero-order valence-corrected chi connectivity index (χ0v) is 18.8. The third-order valence-electron chi connectivity index (χ3n) is 5.66. The van der Waals surface area contributed by atoms with Crippen LogP contribution in [-0.4, -0.2) is 50.9 Å². The highest BCUT2D eigenvalue weighted by atomic mass is 32.2. The predicted molar refractivity (Wildman–Crippen MR) is 118 cm³/mol. The number of likely N-dealkylation sites (tertiary alicyclic amines) is 1. The molecule has 0 bridgehead atoms. The minimum atomic E-state index is -3.86. The van der Waals surface area contributed by atoms with Crippen molar-refractivity contribution in [2.24, 2.45) is 0 Å². The molecule has 31 heavy (non-hydrogen) atoms. The van der Waals surface area contributed by atoms with E-state index in [4.69, 9.17) is 4.74 Å². The molecule has 2 aromatic carbocycles. The zero-order chi connectivity index (χ0) is 22.6. The van der Waals surface area contributed by atoms with Crippen molar-refractivity contribution in [2.45, 2.75) is 50.1 Å². The van der Waals surface area contributed by atoms with E-state index >= 15 is 0 Å². The number of ether oxygens (including phenoxy) is 1. The summed E-state index contributed by atoms with van der Waals surface area (Å²) < 4.78 is 32.3. The van der Waals surface area contributed by atoms with E-state index in [9.17, 15) is 18.0 Å². The molecule has 0 N–H and O–H groups in total. The molecule has 0 spiro atoms. The first kappa shape index (κ1) is 22.8. The highest BCUT2D eigenvalue weighted by Crippen LogP contribution is 2.24. The number of sulfonamides is 1. The number of hydrogen-bond donors (Lipinski definition) is 0. The summed E-state index contributed by atoms with van der Waals surface area (Å²) in [6.07, 6.45) is 2.93. The molecule has 1 saturated heterocycles. The lowest BCUT2D eigenvalue weighted by Crippen LogP contribution is -2.49. The number of hydrogen-bond acceptors (Lipinski definition) is 5. The van der Waals surface area contributed by atoms with Crippen molar-refractivity contribution < 1.29 is 22.7 Å². The molecule has 0 aliphatic carbocycles.